The average molecular weight is 249 g/mol. The van der Waals surface area contributed by atoms with Crippen molar-refractivity contribution in [2.45, 2.75) is 0 Å². The number of hydrogen-bond donors (Lipinski definition) is 2. The summed E-state index contributed by atoms with van der Waals surface area (Å²) in [6.45, 7) is 0. The molecule has 2 rings (SSSR count). The quantitative estimate of drug-likeness (QED) is 0.796. The highest BCUT2D eigenvalue weighted by molar-refractivity contribution is 6.31. The van der Waals surface area contributed by atoms with Gasteiger partial charge < -0.3 is 11.1 Å². The number of nitrogens with two attached hydrogens (primary N) is 1. The highest BCUT2D eigenvalue weighted by atomic mass is 35.5. The lowest BCUT2D eigenvalue weighted by Gasteiger charge is -2.07. The molecule has 1 aromatic carbocycles. The zero-order valence-electron chi connectivity index (χ0n) is 8.72. The molecule has 0 fully saturated rings. The second kappa shape index (κ2) is 4.80. The summed E-state index contributed by atoms with van der Waals surface area (Å²) < 4.78 is 0. The third-order valence-corrected chi connectivity index (χ3v) is 2.35. The van der Waals surface area contributed by atoms with Crippen LogP contribution < -0.4 is 11.1 Å². The summed E-state index contributed by atoms with van der Waals surface area (Å²) in [7, 11) is 0. The Morgan fingerprint density at radius 3 is 2.82 bits per heavy atom. The van der Waals surface area contributed by atoms with E-state index >= 15 is 0 Å². The van der Waals surface area contributed by atoms with Gasteiger partial charge in [-0.2, -0.15) is 10.2 Å². The van der Waals surface area contributed by atoms with E-state index in [9.17, 15) is 4.79 Å². The molecular weight excluding hydrogens is 240 g/mol. The molecule has 0 bridgehead atoms. The van der Waals surface area contributed by atoms with E-state index < -0.39 is 0 Å². The number of hydrogen-bond acceptors (Lipinski definition) is 4. The number of nitrogens with one attached hydrogen (secondary N) is 1. The fourth-order valence-corrected chi connectivity index (χ4v) is 1.43. The van der Waals surface area contributed by atoms with Gasteiger partial charge in [0.05, 0.1) is 29.3 Å². The molecule has 3 N–H and O–H groups in total. The summed E-state index contributed by atoms with van der Waals surface area (Å²) in [6, 6.07) is 6.43. The predicted molar refractivity (Wildman–Crippen MR) is 65.8 cm³/mol. The van der Waals surface area contributed by atoms with Gasteiger partial charge in [0.25, 0.3) is 5.91 Å². The van der Waals surface area contributed by atoms with Crippen molar-refractivity contribution < 1.29 is 4.79 Å². The Hall–Kier alpha value is -2.14. The molecule has 0 atom stereocenters. The first kappa shape index (κ1) is 11.3. The van der Waals surface area contributed by atoms with Crippen LogP contribution in [0.1, 0.15) is 10.4 Å². The molecule has 17 heavy (non-hydrogen) atoms. The van der Waals surface area contributed by atoms with Crippen LogP contribution in [0, 0.1) is 0 Å². The number of amides is 1. The number of anilines is 2. The first-order valence-electron chi connectivity index (χ1n) is 4.80. The van der Waals surface area contributed by atoms with Crippen molar-refractivity contribution in [3.05, 3.63) is 47.2 Å². The lowest BCUT2D eigenvalue weighted by molar-refractivity contribution is 0.102. The van der Waals surface area contributed by atoms with Gasteiger partial charge in [-0.3, -0.25) is 4.79 Å². The molecule has 2 aromatic rings. The molecule has 0 saturated carbocycles. The normalized spacial score (nSPS) is 9.94. The Morgan fingerprint density at radius 1 is 1.29 bits per heavy atom. The summed E-state index contributed by atoms with van der Waals surface area (Å²) in [6.07, 6.45) is 2.81. The van der Waals surface area contributed by atoms with Crippen molar-refractivity contribution >= 4 is 28.9 Å². The molecule has 0 aliphatic rings. The maximum atomic E-state index is 11.8. The van der Waals surface area contributed by atoms with Gasteiger partial charge in [-0.1, -0.05) is 11.6 Å². The molecule has 0 aliphatic heterocycles. The van der Waals surface area contributed by atoms with Gasteiger partial charge >= 0.3 is 0 Å². The van der Waals surface area contributed by atoms with Crippen LogP contribution in [0.4, 0.5) is 11.4 Å². The topological polar surface area (TPSA) is 80.9 Å². The summed E-state index contributed by atoms with van der Waals surface area (Å²) in [5.74, 6) is -0.311. The van der Waals surface area contributed by atoms with Crippen molar-refractivity contribution in [1.82, 2.24) is 10.2 Å². The zero-order valence-corrected chi connectivity index (χ0v) is 9.48. The molecule has 1 aromatic heterocycles. The summed E-state index contributed by atoms with van der Waals surface area (Å²) >= 11 is 5.82. The highest BCUT2D eigenvalue weighted by Gasteiger charge is 2.08. The number of benzene rings is 1. The van der Waals surface area contributed by atoms with Crippen molar-refractivity contribution in [3.63, 3.8) is 0 Å². The molecular formula is C11H9ClN4O. The minimum absolute atomic E-state index is 0.311. The van der Waals surface area contributed by atoms with Gasteiger partial charge in [-0.25, -0.2) is 0 Å². The highest BCUT2D eigenvalue weighted by Crippen LogP contribution is 2.23. The van der Waals surface area contributed by atoms with Crippen LogP contribution in [0.5, 0.6) is 0 Å². The van der Waals surface area contributed by atoms with Crippen LogP contribution in [-0.2, 0) is 0 Å². The molecule has 6 heteroatoms. The third kappa shape index (κ3) is 2.70. The molecule has 0 unspecified atom stereocenters. The van der Waals surface area contributed by atoms with Crippen LogP contribution in [0.3, 0.4) is 0 Å². The fourth-order valence-electron chi connectivity index (χ4n) is 1.26. The van der Waals surface area contributed by atoms with E-state index in [0.29, 0.717) is 22.0 Å². The lowest BCUT2D eigenvalue weighted by atomic mass is 10.2. The number of nitrogen functional groups attached to an aromatic ring is 1. The minimum atomic E-state index is -0.311. The van der Waals surface area contributed by atoms with E-state index in [2.05, 4.69) is 15.5 Å². The van der Waals surface area contributed by atoms with E-state index in [4.69, 9.17) is 17.3 Å². The second-order valence-corrected chi connectivity index (χ2v) is 3.75. The van der Waals surface area contributed by atoms with Crippen LogP contribution in [0.15, 0.2) is 36.7 Å². The Kier molecular flexibility index (Phi) is 3.20. The van der Waals surface area contributed by atoms with E-state index in [-0.39, 0.29) is 5.91 Å². The fraction of sp³-hybridized carbons (Fsp3) is 0. The SMILES string of the molecule is Nc1ccc(Cl)cc1NC(=O)c1ccnnc1. The lowest BCUT2D eigenvalue weighted by Crippen LogP contribution is -2.13. The average Bonchev–Trinajstić information content (AvgIpc) is 2.35. The smallest absolute Gasteiger partial charge is 0.257 e. The van der Waals surface area contributed by atoms with E-state index in [1.165, 1.54) is 12.4 Å². The molecule has 1 heterocycles. The zero-order chi connectivity index (χ0) is 12.3. The monoisotopic (exact) mass is 248 g/mol. The Morgan fingerprint density at radius 2 is 2.12 bits per heavy atom. The molecule has 0 radical (unpaired) electrons. The Labute approximate surface area is 103 Å². The summed E-state index contributed by atoms with van der Waals surface area (Å²) in [5.41, 5.74) is 7.04. The number of nitrogens with zero attached hydrogens (tertiary/aromatic N) is 2. The van der Waals surface area contributed by atoms with Gasteiger partial charge in [0.15, 0.2) is 0 Å². The largest absolute Gasteiger partial charge is 0.397 e. The molecule has 86 valence electrons. The standard InChI is InChI=1S/C11H9ClN4O/c12-8-1-2-9(13)10(5-8)16-11(17)7-3-4-14-15-6-7/h1-6H,13H2,(H,16,17). The molecule has 0 spiro atoms. The van der Waals surface area contributed by atoms with Crippen molar-refractivity contribution in [1.29, 1.82) is 0 Å². The number of carbonyl (C=O) groups excluding carboxylic acids is 1. The van der Waals surface area contributed by atoms with E-state index in [0.717, 1.165) is 0 Å². The number of carbonyl (C=O) groups is 1. The summed E-state index contributed by atoms with van der Waals surface area (Å²) in [4.78, 5) is 11.8. The molecule has 5 nitrogen and oxygen atoms in total. The van der Waals surface area contributed by atoms with Crippen LogP contribution in [0.2, 0.25) is 5.02 Å². The van der Waals surface area contributed by atoms with Crippen molar-refractivity contribution in [2.75, 3.05) is 11.1 Å². The number of aromatic nitrogens is 2. The predicted octanol–water partition coefficient (Wildman–Crippen LogP) is 1.96. The van der Waals surface area contributed by atoms with Gasteiger partial charge in [0.1, 0.15) is 0 Å². The summed E-state index contributed by atoms with van der Waals surface area (Å²) in [5, 5.41) is 10.4. The molecule has 0 saturated heterocycles. The first-order chi connectivity index (χ1) is 8.16. The van der Waals surface area contributed by atoms with Gasteiger partial charge in [-0.15, -0.1) is 0 Å². The maximum absolute atomic E-state index is 11.8. The van der Waals surface area contributed by atoms with Crippen molar-refractivity contribution in [3.8, 4) is 0 Å². The third-order valence-electron chi connectivity index (χ3n) is 2.11. The van der Waals surface area contributed by atoms with Crippen LogP contribution in [0.25, 0.3) is 0 Å². The Balaban J connectivity index is 2.22. The first-order valence-corrected chi connectivity index (χ1v) is 5.17. The second-order valence-electron chi connectivity index (χ2n) is 3.32. The van der Waals surface area contributed by atoms with Crippen LogP contribution >= 0.6 is 11.6 Å². The molecule has 1 amide bonds. The van der Waals surface area contributed by atoms with Crippen molar-refractivity contribution in [2.24, 2.45) is 0 Å². The van der Waals surface area contributed by atoms with Gasteiger partial charge in [0.2, 0.25) is 0 Å². The van der Waals surface area contributed by atoms with Gasteiger partial charge in [0, 0.05) is 5.02 Å². The van der Waals surface area contributed by atoms with E-state index in [1.54, 1.807) is 24.3 Å². The van der Waals surface area contributed by atoms with Gasteiger partial charge in [-0.05, 0) is 24.3 Å². The number of rotatable bonds is 2. The molecule has 0 aliphatic carbocycles. The Bertz CT molecular complexity index is 544. The number of halogens is 1. The maximum Gasteiger partial charge on any atom is 0.257 e. The van der Waals surface area contributed by atoms with Crippen LogP contribution in [-0.4, -0.2) is 16.1 Å². The van der Waals surface area contributed by atoms with E-state index in [1.807, 2.05) is 0 Å². The minimum Gasteiger partial charge on any atom is -0.397 e.